The van der Waals surface area contributed by atoms with Crippen molar-refractivity contribution in [3.8, 4) is 5.88 Å². The van der Waals surface area contributed by atoms with Crippen LogP contribution in [0.4, 0.5) is 0 Å². The smallest absolute Gasteiger partial charge is 0.340 e. The van der Waals surface area contributed by atoms with Crippen LogP contribution in [-0.2, 0) is 10.1 Å². The zero-order valence-electron chi connectivity index (χ0n) is 13.8. The van der Waals surface area contributed by atoms with Crippen molar-refractivity contribution in [3.63, 3.8) is 0 Å². The van der Waals surface area contributed by atoms with Gasteiger partial charge in [-0.15, -0.1) is 0 Å². The molecule has 0 N–H and O–H groups in total. The van der Waals surface area contributed by atoms with Gasteiger partial charge in [0, 0.05) is 6.20 Å². The fourth-order valence-electron chi connectivity index (χ4n) is 2.33. The average molecular weight is 423 g/mol. The van der Waals surface area contributed by atoms with Crippen LogP contribution in [0.15, 0.2) is 50.7 Å². The number of rotatable bonds is 3. The quantitative estimate of drug-likeness (QED) is 0.605. The van der Waals surface area contributed by atoms with E-state index in [4.69, 9.17) is 4.18 Å². The highest BCUT2D eigenvalue weighted by Crippen LogP contribution is 2.23. The molecule has 0 fully saturated rings. The normalized spacial score (nSPS) is 11.7. The number of nitrogens with zero attached hydrogens (tertiary/aromatic N) is 2. The molecule has 0 aliphatic carbocycles. The van der Waals surface area contributed by atoms with Gasteiger partial charge in [-0.05, 0) is 60.5 Å². The summed E-state index contributed by atoms with van der Waals surface area (Å²) >= 11 is 3.35. The van der Waals surface area contributed by atoms with Gasteiger partial charge in [-0.2, -0.15) is 13.4 Å². The Balaban J connectivity index is 2.15. The summed E-state index contributed by atoms with van der Waals surface area (Å²) in [4.78, 5) is 16.8. The maximum Gasteiger partial charge on any atom is 0.340 e. The largest absolute Gasteiger partial charge is 0.358 e. The van der Waals surface area contributed by atoms with E-state index in [1.807, 2.05) is 13.8 Å². The van der Waals surface area contributed by atoms with Crippen molar-refractivity contribution in [2.75, 3.05) is 0 Å². The van der Waals surface area contributed by atoms with E-state index >= 15 is 0 Å². The lowest BCUT2D eigenvalue weighted by Crippen LogP contribution is -2.21. The van der Waals surface area contributed by atoms with Gasteiger partial charge in [-0.3, -0.25) is 9.20 Å². The van der Waals surface area contributed by atoms with Crippen molar-refractivity contribution in [2.24, 2.45) is 0 Å². The summed E-state index contributed by atoms with van der Waals surface area (Å²) in [6.07, 6.45) is 1.64. The van der Waals surface area contributed by atoms with Crippen molar-refractivity contribution in [1.29, 1.82) is 0 Å². The third-order valence-corrected chi connectivity index (χ3v) is 5.51. The van der Waals surface area contributed by atoms with E-state index in [0.717, 1.165) is 11.1 Å². The van der Waals surface area contributed by atoms with Crippen molar-refractivity contribution >= 4 is 31.7 Å². The maximum absolute atomic E-state index is 12.5. The molecule has 8 heteroatoms. The molecule has 0 saturated heterocycles. The minimum absolute atomic E-state index is 0.00229. The molecule has 0 bridgehead atoms. The monoisotopic (exact) mass is 422 g/mol. The van der Waals surface area contributed by atoms with E-state index in [1.165, 1.54) is 23.5 Å². The molecule has 0 aliphatic rings. The van der Waals surface area contributed by atoms with Gasteiger partial charge in [-0.25, -0.2) is 0 Å². The number of benzene rings is 1. The summed E-state index contributed by atoms with van der Waals surface area (Å²) in [6, 6.07) is 8.03. The van der Waals surface area contributed by atoms with Gasteiger partial charge >= 0.3 is 10.1 Å². The molecular formula is C17H15BrN2O4S. The van der Waals surface area contributed by atoms with E-state index in [1.54, 1.807) is 24.4 Å². The molecule has 2 heterocycles. The lowest BCUT2D eigenvalue weighted by molar-refractivity contribution is 0.473. The predicted octanol–water partition coefficient (Wildman–Crippen LogP) is 3.15. The Hall–Kier alpha value is -2.19. The van der Waals surface area contributed by atoms with Gasteiger partial charge in [0.05, 0.1) is 10.0 Å². The van der Waals surface area contributed by atoms with Gasteiger partial charge in [-0.1, -0.05) is 17.7 Å². The SMILES string of the molecule is Cc1ccc(S(=O)(=O)Oc2nc3c(Br)cc(C)cn3c(=O)c2C)cc1. The number of aryl methyl sites for hydroxylation is 2. The molecular weight excluding hydrogens is 408 g/mol. The molecule has 130 valence electrons. The Morgan fingerprint density at radius 1 is 1.08 bits per heavy atom. The molecule has 1 aromatic carbocycles. The van der Waals surface area contributed by atoms with Gasteiger partial charge in [0.1, 0.15) is 4.90 Å². The Morgan fingerprint density at radius 2 is 1.72 bits per heavy atom. The third-order valence-electron chi connectivity index (χ3n) is 3.70. The van der Waals surface area contributed by atoms with Gasteiger partial charge < -0.3 is 4.18 Å². The van der Waals surface area contributed by atoms with Crippen molar-refractivity contribution < 1.29 is 12.6 Å². The van der Waals surface area contributed by atoms with Crippen LogP contribution in [0.3, 0.4) is 0 Å². The first-order valence-corrected chi connectivity index (χ1v) is 9.59. The molecule has 0 aliphatic heterocycles. The first kappa shape index (κ1) is 17.6. The number of aromatic nitrogens is 2. The highest BCUT2D eigenvalue weighted by molar-refractivity contribution is 9.10. The van der Waals surface area contributed by atoms with Gasteiger partial charge in [0.15, 0.2) is 5.65 Å². The van der Waals surface area contributed by atoms with Gasteiger partial charge in [0.25, 0.3) is 5.56 Å². The standard InChI is InChI=1S/C17H15BrN2O4S/c1-10-4-6-13(7-5-10)25(22,23)24-16-12(3)17(21)20-9-11(2)8-14(18)15(20)19-16/h4-9H,1-3H3. The highest BCUT2D eigenvalue weighted by atomic mass is 79.9. The molecule has 3 rings (SSSR count). The highest BCUT2D eigenvalue weighted by Gasteiger charge is 2.21. The second-order valence-electron chi connectivity index (χ2n) is 5.76. The number of hydrogen-bond acceptors (Lipinski definition) is 5. The van der Waals surface area contributed by atoms with Crippen LogP contribution in [-0.4, -0.2) is 17.8 Å². The van der Waals surface area contributed by atoms with Crippen LogP contribution in [0.2, 0.25) is 0 Å². The Kier molecular flexibility index (Phi) is 4.42. The number of fused-ring (bicyclic) bond motifs is 1. The molecule has 0 spiro atoms. The Morgan fingerprint density at radius 3 is 2.36 bits per heavy atom. The lowest BCUT2D eigenvalue weighted by atomic mass is 10.2. The van der Waals surface area contributed by atoms with Crippen LogP contribution in [0, 0.1) is 20.8 Å². The molecule has 0 saturated carbocycles. The molecule has 25 heavy (non-hydrogen) atoms. The minimum Gasteiger partial charge on any atom is -0.358 e. The minimum atomic E-state index is -4.08. The zero-order chi connectivity index (χ0) is 18.4. The second-order valence-corrected chi connectivity index (χ2v) is 8.16. The Labute approximate surface area is 153 Å². The van der Waals surface area contributed by atoms with Crippen LogP contribution in [0.1, 0.15) is 16.7 Å². The molecule has 6 nitrogen and oxygen atoms in total. The first-order valence-electron chi connectivity index (χ1n) is 7.39. The van der Waals surface area contributed by atoms with Crippen LogP contribution < -0.4 is 9.74 Å². The van der Waals surface area contributed by atoms with Gasteiger partial charge in [0.2, 0.25) is 5.88 Å². The topological polar surface area (TPSA) is 77.7 Å². The van der Waals surface area contributed by atoms with Crippen molar-refractivity contribution in [1.82, 2.24) is 9.38 Å². The lowest BCUT2D eigenvalue weighted by Gasteiger charge is -2.11. The molecule has 0 atom stereocenters. The second kappa shape index (κ2) is 6.27. The van der Waals surface area contributed by atoms with E-state index in [2.05, 4.69) is 20.9 Å². The van der Waals surface area contributed by atoms with E-state index in [-0.39, 0.29) is 27.5 Å². The molecule has 2 aromatic heterocycles. The van der Waals surface area contributed by atoms with Crippen LogP contribution >= 0.6 is 15.9 Å². The summed E-state index contributed by atoms with van der Waals surface area (Å²) in [5, 5.41) is 0. The van der Waals surface area contributed by atoms with Crippen molar-refractivity contribution in [3.05, 3.63) is 68.0 Å². The molecule has 0 unspecified atom stereocenters. The predicted molar refractivity (Wildman–Crippen MR) is 97.6 cm³/mol. The summed E-state index contributed by atoms with van der Waals surface area (Å²) in [6.45, 7) is 5.18. The number of halogens is 1. The van der Waals surface area contributed by atoms with Crippen molar-refractivity contribution in [2.45, 2.75) is 25.7 Å². The number of hydrogen-bond donors (Lipinski definition) is 0. The fourth-order valence-corrected chi connectivity index (χ4v) is 3.91. The fraction of sp³-hybridized carbons (Fsp3) is 0.176. The summed E-state index contributed by atoms with van der Waals surface area (Å²) in [5.74, 6) is -0.227. The summed E-state index contributed by atoms with van der Waals surface area (Å²) < 4.78 is 32.0. The molecule has 3 aromatic rings. The first-order chi connectivity index (χ1) is 11.7. The van der Waals surface area contributed by atoms with Crippen LogP contribution in [0.25, 0.3) is 5.65 Å². The van der Waals surface area contributed by atoms with Crippen LogP contribution in [0.5, 0.6) is 5.88 Å². The Bertz CT molecular complexity index is 1140. The third kappa shape index (κ3) is 3.32. The molecule has 0 amide bonds. The summed E-state index contributed by atoms with van der Waals surface area (Å²) in [7, 11) is -4.08. The molecule has 0 radical (unpaired) electrons. The average Bonchev–Trinajstić information content (AvgIpc) is 2.54. The van der Waals surface area contributed by atoms with E-state index in [9.17, 15) is 13.2 Å². The maximum atomic E-state index is 12.5. The van der Waals surface area contributed by atoms with E-state index < -0.39 is 10.1 Å². The number of pyridine rings is 1. The summed E-state index contributed by atoms with van der Waals surface area (Å²) in [5.41, 5.74) is 1.81. The van der Waals surface area contributed by atoms with E-state index in [0.29, 0.717) is 4.47 Å². The zero-order valence-corrected chi connectivity index (χ0v) is 16.2.